The predicted octanol–water partition coefficient (Wildman–Crippen LogP) is 3.21. The quantitative estimate of drug-likeness (QED) is 0.487. The van der Waals surface area contributed by atoms with E-state index in [0.29, 0.717) is 6.54 Å². The van der Waals surface area contributed by atoms with E-state index < -0.39 is 10.0 Å². The number of pyridine rings is 1. The van der Waals surface area contributed by atoms with Crippen LogP contribution in [0.15, 0.2) is 65.8 Å². The van der Waals surface area contributed by atoms with E-state index in [0.717, 1.165) is 41.4 Å². The van der Waals surface area contributed by atoms with Crippen molar-refractivity contribution in [1.29, 1.82) is 0 Å². The number of aromatic nitrogens is 1. The molecule has 0 spiro atoms. The molecule has 1 fully saturated rings. The number of amides is 1. The van der Waals surface area contributed by atoms with Crippen molar-refractivity contribution >= 4 is 32.4 Å². The zero-order valence-electron chi connectivity index (χ0n) is 18.3. The summed E-state index contributed by atoms with van der Waals surface area (Å²) in [5.41, 5.74) is 1.75. The van der Waals surface area contributed by atoms with Gasteiger partial charge in [0.05, 0.1) is 4.90 Å². The van der Waals surface area contributed by atoms with Crippen LogP contribution in [0, 0.1) is 5.92 Å². The molecule has 1 aromatic heterocycles. The zero-order valence-corrected chi connectivity index (χ0v) is 19.1. The second-order valence-corrected chi connectivity index (χ2v) is 10.3. The first-order valence-electron chi connectivity index (χ1n) is 10.7. The summed E-state index contributed by atoms with van der Waals surface area (Å²) in [7, 11) is 0.392. The highest BCUT2D eigenvalue weighted by Crippen LogP contribution is 2.48. The van der Waals surface area contributed by atoms with Gasteiger partial charge in [-0.25, -0.2) is 13.1 Å². The zero-order chi connectivity index (χ0) is 22.7. The summed E-state index contributed by atoms with van der Waals surface area (Å²) in [4.78, 5) is 19.0. The van der Waals surface area contributed by atoms with Crippen molar-refractivity contribution in [3.8, 4) is 0 Å². The average molecular weight is 453 g/mol. The van der Waals surface area contributed by atoms with Gasteiger partial charge < -0.3 is 10.2 Å². The minimum Gasteiger partial charge on any atom is -0.326 e. The van der Waals surface area contributed by atoms with Gasteiger partial charge in [0, 0.05) is 35.9 Å². The van der Waals surface area contributed by atoms with Crippen LogP contribution in [0.25, 0.3) is 10.8 Å². The molecule has 0 aliphatic heterocycles. The summed E-state index contributed by atoms with van der Waals surface area (Å²) in [5.74, 6) is 0.00174. The molecular weight excluding hydrogens is 424 g/mol. The van der Waals surface area contributed by atoms with Gasteiger partial charge in [-0.3, -0.25) is 9.78 Å². The Labute approximate surface area is 188 Å². The van der Waals surface area contributed by atoms with E-state index in [2.05, 4.69) is 15.0 Å². The number of hydrogen-bond donors (Lipinski definition) is 2. The molecule has 1 heterocycles. The van der Waals surface area contributed by atoms with Crippen molar-refractivity contribution in [3.05, 3.63) is 66.5 Å². The van der Waals surface area contributed by atoms with Crippen molar-refractivity contribution < 1.29 is 13.2 Å². The fourth-order valence-electron chi connectivity index (χ4n) is 3.83. The molecule has 7 nitrogen and oxygen atoms in total. The van der Waals surface area contributed by atoms with E-state index >= 15 is 0 Å². The van der Waals surface area contributed by atoms with Crippen LogP contribution >= 0.6 is 0 Å². The highest BCUT2D eigenvalue weighted by molar-refractivity contribution is 7.89. The maximum Gasteiger partial charge on any atom is 0.240 e. The lowest BCUT2D eigenvalue weighted by Gasteiger charge is -2.11. The Kier molecular flexibility index (Phi) is 6.55. The van der Waals surface area contributed by atoms with Crippen LogP contribution in [0.3, 0.4) is 0 Å². The van der Waals surface area contributed by atoms with Gasteiger partial charge in [-0.2, -0.15) is 0 Å². The highest BCUT2D eigenvalue weighted by atomic mass is 32.2. The Hall–Kier alpha value is -2.81. The Morgan fingerprint density at radius 3 is 2.62 bits per heavy atom. The van der Waals surface area contributed by atoms with E-state index in [9.17, 15) is 13.2 Å². The van der Waals surface area contributed by atoms with Crippen LogP contribution in [0.4, 0.5) is 5.69 Å². The molecule has 0 saturated heterocycles. The number of hydrogen-bond acceptors (Lipinski definition) is 5. The summed E-state index contributed by atoms with van der Waals surface area (Å²) in [6, 6.07) is 14.5. The number of nitrogens with one attached hydrogen (secondary N) is 2. The lowest BCUT2D eigenvalue weighted by atomic mass is 10.1. The molecule has 1 saturated carbocycles. The van der Waals surface area contributed by atoms with Crippen molar-refractivity contribution in [3.63, 3.8) is 0 Å². The summed E-state index contributed by atoms with van der Waals surface area (Å²) in [6.45, 7) is 1.22. The Bertz CT molecular complexity index is 1210. The minimum absolute atomic E-state index is 0.0114. The Morgan fingerprint density at radius 1 is 1.09 bits per heavy atom. The van der Waals surface area contributed by atoms with Crippen LogP contribution < -0.4 is 10.0 Å². The van der Waals surface area contributed by atoms with Gasteiger partial charge in [-0.15, -0.1) is 0 Å². The van der Waals surface area contributed by atoms with Crippen molar-refractivity contribution in [2.24, 2.45) is 5.92 Å². The minimum atomic E-state index is -3.52. The molecule has 2 aromatic carbocycles. The second-order valence-electron chi connectivity index (χ2n) is 8.50. The SMILES string of the molecule is CN(C)CCCNS(=O)(=O)c1ccc(C2CC2C(=O)Nc2ccc3cnccc3c2)cc1. The van der Waals surface area contributed by atoms with Gasteiger partial charge in [0.2, 0.25) is 15.9 Å². The first kappa shape index (κ1) is 22.4. The Morgan fingerprint density at radius 2 is 1.88 bits per heavy atom. The first-order valence-corrected chi connectivity index (χ1v) is 12.2. The number of carbonyl (C=O) groups excluding carboxylic acids is 1. The van der Waals surface area contributed by atoms with Crippen molar-refractivity contribution in [2.45, 2.75) is 23.7 Å². The molecule has 168 valence electrons. The maximum atomic E-state index is 12.7. The summed E-state index contributed by atoms with van der Waals surface area (Å²) in [5, 5.41) is 5.05. The average Bonchev–Trinajstić information content (AvgIpc) is 3.58. The number of sulfonamides is 1. The summed E-state index contributed by atoms with van der Waals surface area (Å²) < 4.78 is 27.5. The number of nitrogens with zero attached hydrogens (tertiary/aromatic N) is 2. The molecule has 4 rings (SSSR count). The fraction of sp³-hybridized carbons (Fsp3) is 0.333. The van der Waals surface area contributed by atoms with Crippen molar-refractivity contribution in [2.75, 3.05) is 32.5 Å². The molecule has 2 atom stereocenters. The smallest absolute Gasteiger partial charge is 0.240 e. The molecular formula is C24H28N4O3S. The monoisotopic (exact) mass is 452 g/mol. The van der Waals surface area contributed by atoms with E-state index in [1.807, 2.05) is 55.4 Å². The summed E-state index contributed by atoms with van der Waals surface area (Å²) in [6.07, 6.45) is 5.03. The largest absolute Gasteiger partial charge is 0.326 e. The number of fused-ring (bicyclic) bond motifs is 1. The third kappa shape index (κ3) is 5.32. The molecule has 1 aliphatic rings. The predicted molar refractivity (Wildman–Crippen MR) is 126 cm³/mol. The molecule has 32 heavy (non-hydrogen) atoms. The van der Waals surface area contributed by atoms with Crippen LogP contribution in [0.2, 0.25) is 0 Å². The van der Waals surface area contributed by atoms with Gasteiger partial charge in [0.15, 0.2) is 0 Å². The Balaban J connectivity index is 1.33. The third-order valence-electron chi connectivity index (χ3n) is 5.73. The van der Waals surface area contributed by atoms with Gasteiger partial charge in [-0.1, -0.05) is 18.2 Å². The molecule has 0 bridgehead atoms. The molecule has 2 unspecified atom stereocenters. The van der Waals surface area contributed by atoms with Crippen molar-refractivity contribution in [1.82, 2.24) is 14.6 Å². The lowest BCUT2D eigenvalue weighted by molar-refractivity contribution is -0.117. The van der Waals surface area contributed by atoms with Gasteiger partial charge >= 0.3 is 0 Å². The standard InChI is InChI=1S/C24H28N4O3S/c1-28(2)13-3-11-26-32(30,31)21-8-5-17(6-9-21)22-15-23(22)24(29)27-20-7-4-19-16-25-12-10-18(19)14-20/h4-10,12,14,16,22-23,26H,3,11,13,15H2,1-2H3,(H,27,29). The first-order chi connectivity index (χ1) is 15.3. The number of carbonyl (C=O) groups is 1. The fourth-order valence-corrected chi connectivity index (χ4v) is 4.90. The van der Waals surface area contributed by atoms with Crippen LogP contribution in [-0.2, 0) is 14.8 Å². The summed E-state index contributed by atoms with van der Waals surface area (Å²) >= 11 is 0. The van der Waals surface area contributed by atoms with E-state index in [1.54, 1.807) is 24.5 Å². The molecule has 0 radical (unpaired) electrons. The van der Waals surface area contributed by atoms with Gasteiger partial charge in [0.25, 0.3) is 0 Å². The molecule has 8 heteroatoms. The van der Waals surface area contributed by atoms with E-state index in [1.165, 1.54) is 0 Å². The molecule has 1 amide bonds. The molecule has 1 aliphatic carbocycles. The number of rotatable bonds is 9. The van der Waals surface area contributed by atoms with Crippen LogP contribution in [0.1, 0.15) is 24.3 Å². The maximum absolute atomic E-state index is 12.7. The van der Waals surface area contributed by atoms with Crippen LogP contribution in [0.5, 0.6) is 0 Å². The van der Waals surface area contributed by atoms with Crippen LogP contribution in [-0.4, -0.2) is 51.4 Å². The van der Waals surface area contributed by atoms with E-state index in [4.69, 9.17) is 0 Å². The topological polar surface area (TPSA) is 91.4 Å². The highest BCUT2D eigenvalue weighted by Gasteiger charge is 2.44. The third-order valence-corrected chi connectivity index (χ3v) is 7.20. The second kappa shape index (κ2) is 9.36. The van der Waals surface area contributed by atoms with Gasteiger partial charge in [0.1, 0.15) is 0 Å². The van der Waals surface area contributed by atoms with Gasteiger partial charge in [-0.05, 0) is 80.7 Å². The number of anilines is 1. The molecule has 3 aromatic rings. The number of benzene rings is 2. The van der Waals surface area contributed by atoms with E-state index in [-0.39, 0.29) is 22.6 Å². The molecule has 2 N–H and O–H groups in total. The lowest BCUT2D eigenvalue weighted by Crippen LogP contribution is -2.27. The normalized spacial score (nSPS) is 18.1.